The maximum absolute atomic E-state index is 13.2. The van der Waals surface area contributed by atoms with Gasteiger partial charge in [-0.1, -0.05) is 11.6 Å². The van der Waals surface area contributed by atoms with E-state index in [9.17, 15) is 4.39 Å². The number of anilines is 1. The van der Waals surface area contributed by atoms with E-state index in [1.54, 1.807) is 12.1 Å². The van der Waals surface area contributed by atoms with Crippen LogP contribution in [0.15, 0.2) is 29.6 Å². The molecule has 0 unspecified atom stereocenters. The molecule has 18 heavy (non-hydrogen) atoms. The van der Waals surface area contributed by atoms with Gasteiger partial charge in [-0.05, 0) is 23.6 Å². The van der Waals surface area contributed by atoms with Crippen molar-refractivity contribution in [3.05, 3.63) is 40.5 Å². The third-order valence-corrected chi connectivity index (χ3v) is 3.85. The highest BCUT2D eigenvalue weighted by molar-refractivity contribution is 7.14. The molecule has 3 rings (SSSR count). The minimum Gasteiger partial charge on any atom is -0.383 e. The fraction of sp³-hybridized carbons (Fsp3) is 0. The molecule has 0 amide bonds. The van der Waals surface area contributed by atoms with E-state index >= 15 is 0 Å². The third-order valence-electron chi connectivity index (χ3n) is 2.51. The first kappa shape index (κ1) is 11.4. The molecule has 0 aliphatic rings. The smallest absolute Gasteiger partial charge is 0.173 e. The Bertz CT molecular complexity index is 741. The number of benzene rings is 1. The monoisotopic (exact) mass is 279 g/mol. The molecule has 0 saturated carbocycles. The lowest BCUT2D eigenvalue weighted by Crippen LogP contribution is -1.97. The van der Waals surface area contributed by atoms with Crippen molar-refractivity contribution in [2.45, 2.75) is 0 Å². The van der Waals surface area contributed by atoms with E-state index in [4.69, 9.17) is 17.3 Å². The molecule has 0 radical (unpaired) electrons. The number of nitrogens with two attached hydrogens (primary N) is 1. The lowest BCUT2D eigenvalue weighted by atomic mass is 10.2. The third kappa shape index (κ3) is 1.81. The van der Waals surface area contributed by atoms with Crippen molar-refractivity contribution < 1.29 is 4.39 Å². The molecule has 2 N–H and O–H groups in total. The predicted molar refractivity (Wildman–Crippen MR) is 72.2 cm³/mol. The largest absolute Gasteiger partial charge is 0.383 e. The van der Waals surface area contributed by atoms with Gasteiger partial charge in [0.2, 0.25) is 0 Å². The number of aromatic nitrogens is 2. The van der Waals surface area contributed by atoms with Gasteiger partial charge in [-0.2, -0.15) is 0 Å². The zero-order valence-electron chi connectivity index (χ0n) is 9.02. The summed E-state index contributed by atoms with van der Waals surface area (Å²) in [5.74, 6) is 0.383. The molecule has 0 spiro atoms. The van der Waals surface area contributed by atoms with Crippen LogP contribution in [0.2, 0.25) is 5.02 Å². The first-order valence-electron chi connectivity index (χ1n) is 5.11. The van der Waals surface area contributed by atoms with E-state index in [2.05, 4.69) is 9.97 Å². The van der Waals surface area contributed by atoms with Crippen molar-refractivity contribution in [1.29, 1.82) is 0 Å². The fourth-order valence-corrected chi connectivity index (χ4v) is 2.76. The summed E-state index contributed by atoms with van der Waals surface area (Å²) in [5.41, 5.74) is 6.33. The Labute approximate surface area is 111 Å². The molecule has 0 fully saturated rings. The minimum atomic E-state index is -0.358. The molecule has 2 heterocycles. The van der Waals surface area contributed by atoms with Crippen LogP contribution in [0.5, 0.6) is 0 Å². The van der Waals surface area contributed by atoms with Crippen molar-refractivity contribution in [2.24, 2.45) is 0 Å². The molecular formula is C12H7ClFN3S. The van der Waals surface area contributed by atoms with Crippen molar-refractivity contribution in [3.63, 3.8) is 0 Å². The average Bonchev–Trinajstić information content (AvgIpc) is 2.74. The summed E-state index contributed by atoms with van der Waals surface area (Å²) in [6.07, 6.45) is 0. The number of hydrogen-bond acceptors (Lipinski definition) is 4. The normalized spacial score (nSPS) is 11.0. The maximum Gasteiger partial charge on any atom is 0.173 e. The van der Waals surface area contributed by atoms with E-state index in [1.165, 1.54) is 23.5 Å². The van der Waals surface area contributed by atoms with Crippen molar-refractivity contribution in [2.75, 3.05) is 5.73 Å². The Kier molecular flexibility index (Phi) is 2.65. The van der Waals surface area contributed by atoms with Gasteiger partial charge in [0.15, 0.2) is 5.82 Å². The Morgan fingerprint density at radius 3 is 2.78 bits per heavy atom. The van der Waals surface area contributed by atoms with Crippen LogP contribution < -0.4 is 5.73 Å². The summed E-state index contributed by atoms with van der Waals surface area (Å²) >= 11 is 7.44. The van der Waals surface area contributed by atoms with E-state index in [0.29, 0.717) is 27.6 Å². The molecular weight excluding hydrogens is 273 g/mol. The maximum atomic E-state index is 13.2. The Morgan fingerprint density at radius 2 is 2.06 bits per heavy atom. The second-order valence-corrected chi connectivity index (χ2v) is 5.01. The summed E-state index contributed by atoms with van der Waals surface area (Å²) in [6, 6.07) is 5.99. The summed E-state index contributed by atoms with van der Waals surface area (Å²) in [7, 11) is 0. The summed E-state index contributed by atoms with van der Waals surface area (Å²) < 4.78 is 13.2. The highest BCUT2D eigenvalue weighted by Gasteiger charge is 2.11. The molecule has 0 atom stereocenters. The quantitative estimate of drug-likeness (QED) is 0.738. The number of halogens is 2. The van der Waals surface area contributed by atoms with Crippen LogP contribution in [0.3, 0.4) is 0 Å². The molecule has 2 aromatic heterocycles. The SMILES string of the molecule is Nc1nc(-c2sccc2Cl)nc2cc(F)ccc12. The minimum absolute atomic E-state index is 0.319. The van der Waals surface area contributed by atoms with Gasteiger partial charge in [0.25, 0.3) is 0 Å². The van der Waals surface area contributed by atoms with Crippen molar-refractivity contribution in [1.82, 2.24) is 9.97 Å². The lowest BCUT2D eigenvalue weighted by Gasteiger charge is -2.04. The number of fused-ring (bicyclic) bond motifs is 1. The second kappa shape index (κ2) is 4.19. The first-order chi connectivity index (χ1) is 8.65. The average molecular weight is 280 g/mol. The zero-order chi connectivity index (χ0) is 12.7. The molecule has 90 valence electrons. The lowest BCUT2D eigenvalue weighted by molar-refractivity contribution is 0.629. The summed E-state index contributed by atoms with van der Waals surface area (Å²) in [5, 5.41) is 3.04. The number of nitrogen functional groups attached to an aromatic ring is 1. The van der Waals surface area contributed by atoms with Crippen LogP contribution in [0.25, 0.3) is 21.6 Å². The first-order valence-corrected chi connectivity index (χ1v) is 6.37. The topological polar surface area (TPSA) is 51.8 Å². The van der Waals surface area contributed by atoms with Crippen molar-refractivity contribution >= 4 is 39.7 Å². The van der Waals surface area contributed by atoms with Crippen LogP contribution in [0.1, 0.15) is 0 Å². The van der Waals surface area contributed by atoms with Gasteiger partial charge in [0, 0.05) is 11.5 Å². The number of nitrogens with zero attached hydrogens (tertiary/aromatic N) is 2. The standard InChI is InChI=1S/C12H7ClFN3S/c13-8-3-4-18-10(8)12-16-9-5-6(14)1-2-7(9)11(15)17-12/h1-5H,(H2,15,16,17). The highest BCUT2D eigenvalue weighted by Crippen LogP contribution is 2.32. The second-order valence-electron chi connectivity index (χ2n) is 3.69. The number of rotatable bonds is 1. The van der Waals surface area contributed by atoms with Gasteiger partial charge >= 0.3 is 0 Å². The van der Waals surface area contributed by atoms with Gasteiger partial charge in [0.05, 0.1) is 15.4 Å². The van der Waals surface area contributed by atoms with Gasteiger partial charge in [-0.3, -0.25) is 0 Å². The van der Waals surface area contributed by atoms with Gasteiger partial charge < -0.3 is 5.73 Å². The number of hydrogen-bond donors (Lipinski definition) is 1. The Balaban J connectivity index is 2.30. The van der Waals surface area contributed by atoms with Gasteiger partial charge in [0.1, 0.15) is 11.6 Å². The molecule has 0 aliphatic carbocycles. The van der Waals surface area contributed by atoms with E-state index in [1.807, 2.05) is 5.38 Å². The van der Waals surface area contributed by atoms with Crippen molar-refractivity contribution in [3.8, 4) is 10.7 Å². The van der Waals surface area contributed by atoms with E-state index in [0.717, 1.165) is 4.88 Å². The van der Waals surface area contributed by atoms with Crippen LogP contribution in [0, 0.1) is 5.82 Å². The predicted octanol–water partition coefficient (Wildman–Crippen LogP) is 3.73. The summed E-state index contributed by atoms with van der Waals surface area (Å²) in [4.78, 5) is 9.23. The molecule has 3 nitrogen and oxygen atoms in total. The van der Waals surface area contributed by atoms with E-state index in [-0.39, 0.29) is 5.82 Å². The fourth-order valence-electron chi connectivity index (χ4n) is 1.68. The molecule has 0 bridgehead atoms. The molecule has 0 aliphatic heterocycles. The highest BCUT2D eigenvalue weighted by atomic mass is 35.5. The Hall–Kier alpha value is -1.72. The zero-order valence-corrected chi connectivity index (χ0v) is 10.6. The molecule has 3 aromatic rings. The molecule has 0 saturated heterocycles. The van der Waals surface area contributed by atoms with Crippen LogP contribution >= 0.6 is 22.9 Å². The van der Waals surface area contributed by atoms with Gasteiger partial charge in [-0.25, -0.2) is 14.4 Å². The summed E-state index contributed by atoms with van der Waals surface area (Å²) in [6.45, 7) is 0. The van der Waals surface area contributed by atoms with Crippen LogP contribution in [-0.4, -0.2) is 9.97 Å². The van der Waals surface area contributed by atoms with Crippen LogP contribution in [0.4, 0.5) is 10.2 Å². The molecule has 6 heteroatoms. The Morgan fingerprint density at radius 1 is 1.22 bits per heavy atom. The number of thiophene rings is 1. The molecule has 1 aromatic carbocycles. The van der Waals surface area contributed by atoms with E-state index < -0.39 is 0 Å². The van der Waals surface area contributed by atoms with Gasteiger partial charge in [-0.15, -0.1) is 11.3 Å². The van der Waals surface area contributed by atoms with Crippen LogP contribution in [-0.2, 0) is 0 Å².